The van der Waals surface area contributed by atoms with Crippen molar-refractivity contribution in [3.63, 3.8) is 0 Å². The average molecular weight is 301 g/mol. The van der Waals surface area contributed by atoms with Gasteiger partial charge in [-0.1, -0.05) is 0 Å². The van der Waals surface area contributed by atoms with Crippen molar-refractivity contribution in [2.24, 2.45) is 0 Å². The SMILES string of the molecule is COc1cc(NC(=O)CC(C)=O)cc(C)c1S(=O)(=O)O. The Bertz CT molecular complexity index is 650. The second-order valence-corrected chi connectivity index (χ2v) is 5.58. The monoisotopic (exact) mass is 301 g/mol. The topological polar surface area (TPSA) is 110 Å². The molecule has 1 rings (SSSR count). The van der Waals surface area contributed by atoms with Crippen LogP contribution in [0.15, 0.2) is 17.0 Å². The minimum absolute atomic E-state index is 0.0920. The number of aryl methyl sites for hydroxylation is 1. The van der Waals surface area contributed by atoms with Crippen LogP contribution in [0.2, 0.25) is 0 Å². The Balaban J connectivity index is 3.18. The number of Topliss-reactive ketones (excluding diaryl/α,β-unsaturated/α-hetero) is 1. The third-order valence-electron chi connectivity index (χ3n) is 2.41. The zero-order valence-corrected chi connectivity index (χ0v) is 12.1. The Kier molecular flexibility index (Phi) is 4.85. The molecule has 7 nitrogen and oxygen atoms in total. The number of rotatable bonds is 5. The number of anilines is 1. The molecule has 0 spiro atoms. The van der Waals surface area contributed by atoms with Crippen molar-refractivity contribution in [2.45, 2.75) is 25.2 Å². The molecule has 0 aliphatic carbocycles. The smallest absolute Gasteiger partial charge is 0.298 e. The normalized spacial score (nSPS) is 11.0. The highest BCUT2D eigenvalue weighted by molar-refractivity contribution is 7.86. The van der Waals surface area contributed by atoms with Gasteiger partial charge < -0.3 is 10.1 Å². The molecule has 0 unspecified atom stereocenters. The van der Waals surface area contributed by atoms with E-state index < -0.39 is 16.0 Å². The van der Waals surface area contributed by atoms with E-state index >= 15 is 0 Å². The van der Waals surface area contributed by atoms with Gasteiger partial charge in [0, 0.05) is 11.8 Å². The molecule has 0 aliphatic rings. The van der Waals surface area contributed by atoms with Gasteiger partial charge in [-0.15, -0.1) is 0 Å². The van der Waals surface area contributed by atoms with Crippen LogP contribution in [0.4, 0.5) is 5.69 Å². The highest BCUT2D eigenvalue weighted by Gasteiger charge is 2.21. The van der Waals surface area contributed by atoms with Crippen LogP contribution < -0.4 is 10.1 Å². The number of carbonyl (C=O) groups is 2. The molecule has 20 heavy (non-hydrogen) atoms. The summed E-state index contributed by atoms with van der Waals surface area (Å²) in [4.78, 5) is 21.9. The second kappa shape index (κ2) is 6.02. The first-order valence-corrected chi connectivity index (χ1v) is 7.04. The molecule has 1 aromatic carbocycles. The maximum atomic E-state index is 11.5. The van der Waals surface area contributed by atoms with Gasteiger partial charge in [-0.25, -0.2) is 0 Å². The van der Waals surface area contributed by atoms with Crippen LogP contribution in [0, 0.1) is 6.92 Å². The van der Waals surface area contributed by atoms with Crippen molar-refractivity contribution in [3.8, 4) is 5.75 Å². The molecule has 2 N–H and O–H groups in total. The summed E-state index contributed by atoms with van der Waals surface area (Å²) in [6.07, 6.45) is -0.276. The van der Waals surface area contributed by atoms with E-state index in [1.54, 1.807) is 0 Å². The molecule has 0 radical (unpaired) electrons. The van der Waals surface area contributed by atoms with Gasteiger partial charge >= 0.3 is 0 Å². The maximum Gasteiger partial charge on any atom is 0.298 e. The lowest BCUT2D eigenvalue weighted by molar-refractivity contribution is -0.124. The van der Waals surface area contributed by atoms with Gasteiger partial charge in [0.2, 0.25) is 5.91 Å². The van der Waals surface area contributed by atoms with Gasteiger partial charge in [-0.05, 0) is 25.5 Å². The summed E-state index contributed by atoms with van der Waals surface area (Å²) in [7, 11) is -3.19. The predicted octanol–water partition coefficient (Wildman–Crippen LogP) is 1.17. The van der Waals surface area contributed by atoms with E-state index in [1.165, 1.54) is 33.1 Å². The van der Waals surface area contributed by atoms with Gasteiger partial charge in [0.05, 0.1) is 13.5 Å². The summed E-state index contributed by atoms with van der Waals surface area (Å²) in [6.45, 7) is 2.74. The number of hydrogen-bond donors (Lipinski definition) is 2. The first kappa shape index (κ1) is 16.1. The van der Waals surface area contributed by atoms with Crippen molar-refractivity contribution in [2.75, 3.05) is 12.4 Å². The quantitative estimate of drug-likeness (QED) is 0.624. The molecular weight excluding hydrogens is 286 g/mol. The van der Waals surface area contributed by atoms with Gasteiger partial charge in [-0.2, -0.15) is 8.42 Å². The number of methoxy groups -OCH3 is 1. The van der Waals surface area contributed by atoms with E-state index in [4.69, 9.17) is 9.29 Å². The highest BCUT2D eigenvalue weighted by Crippen LogP contribution is 2.30. The molecular formula is C12H15NO6S. The molecule has 0 fully saturated rings. The van der Waals surface area contributed by atoms with Crippen molar-refractivity contribution < 1.29 is 27.3 Å². The summed E-state index contributed by atoms with van der Waals surface area (Å²) in [5, 5.41) is 2.45. The van der Waals surface area contributed by atoms with Crippen LogP contribution in [-0.4, -0.2) is 31.8 Å². The lowest BCUT2D eigenvalue weighted by Gasteiger charge is -2.12. The van der Waals surface area contributed by atoms with Gasteiger partial charge in [0.1, 0.15) is 16.4 Å². The van der Waals surface area contributed by atoms with Crippen LogP contribution in [0.5, 0.6) is 5.75 Å². The Morgan fingerprint density at radius 3 is 2.40 bits per heavy atom. The number of carbonyl (C=O) groups excluding carboxylic acids is 2. The number of benzene rings is 1. The Morgan fingerprint density at radius 2 is 1.95 bits per heavy atom. The summed E-state index contributed by atoms with van der Waals surface area (Å²) in [5.41, 5.74) is 0.489. The van der Waals surface area contributed by atoms with Crippen molar-refractivity contribution in [1.82, 2.24) is 0 Å². The van der Waals surface area contributed by atoms with Gasteiger partial charge in [-0.3, -0.25) is 14.1 Å². The van der Waals surface area contributed by atoms with Crippen LogP contribution in [0.25, 0.3) is 0 Å². The van der Waals surface area contributed by atoms with Crippen LogP contribution in [0.1, 0.15) is 18.9 Å². The summed E-state index contributed by atoms with van der Waals surface area (Å²) in [6, 6.07) is 2.62. The van der Waals surface area contributed by atoms with E-state index in [2.05, 4.69) is 5.32 Å². The minimum atomic E-state index is -4.43. The zero-order chi connectivity index (χ0) is 15.5. The van der Waals surface area contributed by atoms with Crippen LogP contribution in [0.3, 0.4) is 0 Å². The average Bonchev–Trinajstić information content (AvgIpc) is 2.24. The molecule has 1 amide bonds. The number of ether oxygens (including phenoxy) is 1. The lowest BCUT2D eigenvalue weighted by atomic mass is 10.2. The number of amides is 1. The van der Waals surface area contributed by atoms with E-state index in [-0.39, 0.29) is 34.1 Å². The fourth-order valence-corrected chi connectivity index (χ4v) is 2.59. The van der Waals surface area contributed by atoms with E-state index in [0.717, 1.165) is 0 Å². The fraction of sp³-hybridized carbons (Fsp3) is 0.333. The number of hydrogen-bond acceptors (Lipinski definition) is 5. The second-order valence-electron chi connectivity index (χ2n) is 4.23. The first-order chi connectivity index (χ1) is 9.15. The van der Waals surface area contributed by atoms with Gasteiger partial charge in [0.25, 0.3) is 10.1 Å². The van der Waals surface area contributed by atoms with Gasteiger partial charge in [0.15, 0.2) is 0 Å². The minimum Gasteiger partial charge on any atom is -0.495 e. The molecule has 0 saturated heterocycles. The van der Waals surface area contributed by atoms with Crippen LogP contribution in [-0.2, 0) is 19.7 Å². The van der Waals surface area contributed by atoms with E-state index in [9.17, 15) is 18.0 Å². The molecule has 0 atom stereocenters. The molecule has 0 saturated carbocycles. The first-order valence-electron chi connectivity index (χ1n) is 5.60. The highest BCUT2D eigenvalue weighted by atomic mass is 32.2. The van der Waals surface area contributed by atoms with Crippen molar-refractivity contribution >= 4 is 27.5 Å². The predicted molar refractivity (Wildman–Crippen MR) is 71.5 cm³/mol. The molecule has 110 valence electrons. The number of ketones is 1. The third-order valence-corrected chi connectivity index (χ3v) is 3.45. The standard InChI is InChI=1S/C12H15NO6S/c1-7-4-9(13-11(15)5-8(2)14)6-10(19-3)12(7)20(16,17)18/h4,6H,5H2,1-3H3,(H,13,15)(H,16,17,18). The van der Waals surface area contributed by atoms with E-state index in [0.29, 0.717) is 0 Å². The van der Waals surface area contributed by atoms with Crippen molar-refractivity contribution in [1.29, 1.82) is 0 Å². The lowest BCUT2D eigenvalue weighted by Crippen LogP contribution is -2.15. The molecule has 1 aromatic rings. The molecule has 0 bridgehead atoms. The number of nitrogens with one attached hydrogen (secondary N) is 1. The Hall–Kier alpha value is -1.93. The summed E-state index contributed by atoms with van der Waals surface area (Å²) in [5.74, 6) is -0.898. The molecule has 0 aliphatic heterocycles. The third kappa shape index (κ3) is 4.04. The fourth-order valence-electron chi connectivity index (χ4n) is 1.73. The summed E-state index contributed by atoms with van der Waals surface area (Å²) < 4.78 is 36.5. The largest absolute Gasteiger partial charge is 0.495 e. The molecule has 8 heteroatoms. The van der Waals surface area contributed by atoms with Crippen molar-refractivity contribution in [3.05, 3.63) is 17.7 Å². The molecule has 0 heterocycles. The Morgan fingerprint density at radius 1 is 1.35 bits per heavy atom. The summed E-state index contributed by atoms with van der Waals surface area (Å²) >= 11 is 0. The maximum absolute atomic E-state index is 11.5. The van der Waals surface area contributed by atoms with E-state index in [1.807, 2.05) is 0 Å². The zero-order valence-electron chi connectivity index (χ0n) is 11.3. The molecule has 0 aromatic heterocycles. The van der Waals surface area contributed by atoms with Crippen LogP contribution >= 0.6 is 0 Å². The Labute approximate surface area is 116 Å².